The number of nitrogens with one attached hydrogen (secondary N) is 3. The average Bonchev–Trinajstić information content (AvgIpc) is 2.75. The summed E-state index contributed by atoms with van der Waals surface area (Å²) in [6.45, 7) is 5.66. The van der Waals surface area contributed by atoms with Gasteiger partial charge in [0.15, 0.2) is 0 Å². The zero-order valence-electron chi connectivity index (χ0n) is 10.1. The van der Waals surface area contributed by atoms with Crippen LogP contribution in [-0.2, 0) is 0 Å². The Morgan fingerprint density at radius 2 is 2.00 bits per heavy atom. The molecule has 0 aliphatic carbocycles. The second-order valence-corrected chi connectivity index (χ2v) is 4.81. The lowest BCUT2D eigenvalue weighted by Crippen LogP contribution is -2.63. The highest BCUT2D eigenvalue weighted by Crippen LogP contribution is 2.17. The van der Waals surface area contributed by atoms with Crippen molar-refractivity contribution in [2.24, 2.45) is 0 Å². The summed E-state index contributed by atoms with van der Waals surface area (Å²) >= 11 is 0. The van der Waals surface area contributed by atoms with Crippen molar-refractivity contribution in [2.45, 2.75) is 6.04 Å². The van der Waals surface area contributed by atoms with Crippen molar-refractivity contribution < 1.29 is 4.79 Å². The molecule has 2 aliphatic heterocycles. The van der Waals surface area contributed by atoms with E-state index in [4.69, 9.17) is 0 Å². The van der Waals surface area contributed by atoms with E-state index < -0.39 is 0 Å². The summed E-state index contributed by atoms with van der Waals surface area (Å²) in [6, 6.07) is 0.474. The monoisotopic (exact) mass is 251 g/mol. The Hall–Kier alpha value is -1.60. The van der Waals surface area contributed by atoms with Gasteiger partial charge in [-0.25, -0.2) is 4.79 Å². The molecule has 0 bridgehead atoms. The molecular weight excluding hydrogens is 234 g/mol. The molecule has 7 heteroatoms. The van der Waals surface area contributed by atoms with Crippen LogP contribution in [0.1, 0.15) is 10.5 Å². The summed E-state index contributed by atoms with van der Waals surface area (Å²) in [5.41, 5.74) is 0.0105. The minimum absolute atomic E-state index is 0.0975. The quantitative estimate of drug-likeness (QED) is 0.593. The van der Waals surface area contributed by atoms with Crippen molar-refractivity contribution in [3.63, 3.8) is 0 Å². The van der Waals surface area contributed by atoms with Gasteiger partial charge in [-0.2, -0.15) is 0 Å². The van der Waals surface area contributed by atoms with E-state index in [2.05, 4.69) is 20.2 Å². The highest BCUT2D eigenvalue weighted by Gasteiger charge is 2.35. The predicted octanol–water partition coefficient (Wildman–Crippen LogP) is -1.57. The molecule has 3 heterocycles. The standard InChI is InChI=1S/C11H17N5O2/c17-10(9-5-13-11(18)14-9)16-6-8(7-16)15-3-1-12-2-4-15/h5,8,12H,1-4,6-7H2,(H2,13,14,18). The number of carbonyl (C=O) groups excluding carboxylic acids is 1. The summed E-state index contributed by atoms with van der Waals surface area (Å²) in [4.78, 5) is 32.0. The lowest BCUT2D eigenvalue weighted by molar-refractivity contribution is 0.0223. The molecule has 1 aromatic heterocycles. The van der Waals surface area contributed by atoms with Gasteiger partial charge in [0.05, 0.1) is 0 Å². The van der Waals surface area contributed by atoms with Gasteiger partial charge in [-0.05, 0) is 0 Å². The van der Waals surface area contributed by atoms with E-state index in [1.54, 1.807) is 4.90 Å². The average molecular weight is 251 g/mol. The molecule has 2 aliphatic rings. The smallest absolute Gasteiger partial charge is 0.323 e. The van der Waals surface area contributed by atoms with Crippen LogP contribution in [0, 0.1) is 0 Å². The van der Waals surface area contributed by atoms with Crippen LogP contribution in [-0.4, -0.2) is 71.0 Å². The maximum absolute atomic E-state index is 12.0. The van der Waals surface area contributed by atoms with E-state index in [0.29, 0.717) is 11.7 Å². The Morgan fingerprint density at radius 1 is 1.28 bits per heavy atom. The Morgan fingerprint density at radius 3 is 2.61 bits per heavy atom. The molecule has 98 valence electrons. The fourth-order valence-electron chi connectivity index (χ4n) is 2.52. The first kappa shape index (κ1) is 11.5. The Bertz CT molecular complexity index is 482. The van der Waals surface area contributed by atoms with Gasteiger partial charge in [0.1, 0.15) is 5.69 Å². The van der Waals surface area contributed by atoms with Crippen molar-refractivity contribution >= 4 is 5.91 Å². The van der Waals surface area contributed by atoms with Crippen molar-refractivity contribution in [1.29, 1.82) is 0 Å². The van der Waals surface area contributed by atoms with E-state index in [1.807, 2.05) is 0 Å². The van der Waals surface area contributed by atoms with E-state index >= 15 is 0 Å². The lowest BCUT2D eigenvalue weighted by Gasteiger charge is -2.46. The number of carbonyl (C=O) groups is 1. The third kappa shape index (κ3) is 2.06. The fraction of sp³-hybridized carbons (Fsp3) is 0.636. The molecule has 1 amide bonds. The molecule has 0 aromatic carbocycles. The van der Waals surface area contributed by atoms with Gasteiger partial charge >= 0.3 is 5.69 Å². The molecule has 3 rings (SSSR count). The van der Waals surface area contributed by atoms with Gasteiger partial charge in [-0.3, -0.25) is 9.69 Å². The molecule has 3 N–H and O–H groups in total. The van der Waals surface area contributed by atoms with Gasteiger partial charge in [0.25, 0.3) is 5.91 Å². The van der Waals surface area contributed by atoms with Crippen LogP contribution in [0.4, 0.5) is 0 Å². The number of aromatic amines is 2. The first-order valence-corrected chi connectivity index (χ1v) is 6.26. The van der Waals surface area contributed by atoms with Crippen molar-refractivity contribution in [2.75, 3.05) is 39.3 Å². The van der Waals surface area contributed by atoms with Gasteiger partial charge in [-0.1, -0.05) is 0 Å². The van der Waals surface area contributed by atoms with Gasteiger partial charge in [0, 0.05) is 51.5 Å². The van der Waals surface area contributed by atoms with Crippen LogP contribution in [0.25, 0.3) is 0 Å². The molecular formula is C11H17N5O2. The zero-order valence-corrected chi connectivity index (χ0v) is 10.1. The number of imidazole rings is 1. The third-order valence-corrected chi connectivity index (χ3v) is 3.64. The number of aromatic nitrogens is 2. The van der Waals surface area contributed by atoms with Gasteiger partial charge < -0.3 is 20.2 Å². The molecule has 2 fully saturated rings. The second kappa shape index (κ2) is 4.58. The summed E-state index contributed by atoms with van der Waals surface area (Å²) in [5, 5.41) is 3.31. The Labute approximate surface area is 104 Å². The van der Waals surface area contributed by atoms with Crippen LogP contribution < -0.4 is 11.0 Å². The first-order chi connectivity index (χ1) is 8.74. The van der Waals surface area contributed by atoms with Crippen LogP contribution in [0.5, 0.6) is 0 Å². The maximum atomic E-state index is 12.0. The van der Waals surface area contributed by atoms with Crippen LogP contribution >= 0.6 is 0 Å². The minimum atomic E-state index is -0.336. The van der Waals surface area contributed by atoms with E-state index in [-0.39, 0.29) is 11.6 Å². The number of rotatable bonds is 2. The van der Waals surface area contributed by atoms with Crippen LogP contribution in [0.15, 0.2) is 11.0 Å². The Balaban J connectivity index is 1.55. The van der Waals surface area contributed by atoms with Crippen molar-refractivity contribution in [3.8, 4) is 0 Å². The van der Waals surface area contributed by atoms with E-state index in [0.717, 1.165) is 39.3 Å². The SMILES string of the molecule is O=C(c1c[nH]c(=O)[nH]1)N1CC(N2CCNCC2)C1. The second-order valence-electron chi connectivity index (χ2n) is 4.81. The number of amides is 1. The molecule has 0 spiro atoms. The maximum Gasteiger partial charge on any atom is 0.323 e. The highest BCUT2D eigenvalue weighted by atomic mass is 16.2. The number of hydrogen-bond donors (Lipinski definition) is 3. The lowest BCUT2D eigenvalue weighted by atomic mass is 10.1. The molecule has 0 radical (unpaired) electrons. The molecule has 18 heavy (non-hydrogen) atoms. The largest absolute Gasteiger partial charge is 0.334 e. The summed E-state index contributed by atoms with van der Waals surface area (Å²) < 4.78 is 0. The molecule has 0 atom stereocenters. The molecule has 0 saturated carbocycles. The molecule has 0 unspecified atom stereocenters. The normalized spacial score (nSPS) is 21.9. The predicted molar refractivity (Wildman–Crippen MR) is 65.5 cm³/mol. The summed E-state index contributed by atoms with van der Waals surface area (Å²) in [5.74, 6) is -0.0975. The Kier molecular flexibility index (Phi) is 2.92. The number of nitrogens with zero attached hydrogens (tertiary/aromatic N) is 2. The molecule has 2 saturated heterocycles. The highest BCUT2D eigenvalue weighted by molar-refractivity contribution is 5.92. The molecule has 7 nitrogen and oxygen atoms in total. The summed E-state index contributed by atoms with van der Waals surface area (Å²) in [6.07, 6.45) is 1.43. The van der Waals surface area contributed by atoms with E-state index in [9.17, 15) is 9.59 Å². The van der Waals surface area contributed by atoms with E-state index in [1.165, 1.54) is 6.20 Å². The topological polar surface area (TPSA) is 84.2 Å². The van der Waals surface area contributed by atoms with Gasteiger partial charge in [0.2, 0.25) is 0 Å². The number of likely N-dealkylation sites (tertiary alicyclic amines) is 1. The van der Waals surface area contributed by atoms with Crippen LogP contribution in [0.2, 0.25) is 0 Å². The van der Waals surface area contributed by atoms with Crippen molar-refractivity contribution in [1.82, 2.24) is 25.1 Å². The first-order valence-electron chi connectivity index (χ1n) is 6.26. The van der Waals surface area contributed by atoms with Crippen LogP contribution in [0.3, 0.4) is 0 Å². The zero-order chi connectivity index (χ0) is 12.5. The number of piperazine rings is 1. The number of H-pyrrole nitrogens is 2. The van der Waals surface area contributed by atoms with Crippen molar-refractivity contribution in [3.05, 3.63) is 22.4 Å². The van der Waals surface area contributed by atoms with Gasteiger partial charge in [-0.15, -0.1) is 0 Å². The number of hydrogen-bond acceptors (Lipinski definition) is 4. The minimum Gasteiger partial charge on any atom is -0.334 e. The third-order valence-electron chi connectivity index (χ3n) is 3.64. The summed E-state index contributed by atoms with van der Waals surface area (Å²) in [7, 11) is 0. The fourth-order valence-corrected chi connectivity index (χ4v) is 2.52. The molecule has 1 aromatic rings.